The normalized spacial score (nSPS) is 14.4. The third-order valence-corrected chi connectivity index (χ3v) is 54.9. The van der Waals surface area contributed by atoms with E-state index < -0.39 is 8.40 Å². The van der Waals surface area contributed by atoms with Crippen molar-refractivity contribution >= 4 is 52.7 Å². The summed E-state index contributed by atoms with van der Waals surface area (Å²) in [5, 5.41) is 0. The van der Waals surface area contributed by atoms with E-state index in [0.29, 0.717) is 0 Å². The van der Waals surface area contributed by atoms with Gasteiger partial charge in [-0.15, -0.1) is 0 Å². The number of hydrogen-bond acceptors (Lipinski definition) is 0. The molecule has 0 aliphatic carbocycles. The Bertz CT molecular complexity index is 277. The fourth-order valence-electron chi connectivity index (χ4n) is 1.77. The molecule has 0 unspecified atom stereocenters. The molecule has 0 N–H and O–H groups in total. The van der Waals surface area contributed by atoms with E-state index in [1.54, 1.807) is 0 Å². The van der Waals surface area contributed by atoms with E-state index >= 15 is 0 Å². The molecule has 0 aliphatic heterocycles. The fraction of sp³-hybridized carbons (Fsp3) is 1.00. The summed E-state index contributed by atoms with van der Waals surface area (Å²) in [5.41, 5.74) is 3.36. The van der Waals surface area contributed by atoms with Gasteiger partial charge in [-0.25, -0.2) is 0 Å². The molecular weight excluding hydrogens is 443 g/mol. The third-order valence-electron chi connectivity index (χ3n) is 3.13. The van der Waals surface area contributed by atoms with Crippen molar-refractivity contribution in [1.29, 1.82) is 0 Å². The Labute approximate surface area is 130 Å². The van der Waals surface area contributed by atoms with Crippen LogP contribution >= 0.6 is 8.40 Å². The van der Waals surface area contributed by atoms with Gasteiger partial charge in [0.1, 0.15) is 0 Å². The third kappa shape index (κ3) is 4.72. The fourth-order valence-corrected chi connectivity index (χ4v) is 62.2. The van der Waals surface area contributed by atoms with Gasteiger partial charge >= 0.3 is 131 Å². The first-order valence-corrected chi connectivity index (χ1v) is 19.1. The first kappa shape index (κ1) is 19.4. The quantitative estimate of drug-likeness (QED) is 0.399. The molecule has 0 heterocycles. The summed E-state index contributed by atoms with van der Waals surface area (Å²) in [6.45, 7) is 19.4. The molecule has 0 amide bonds. The molecule has 0 nitrogen and oxygen atoms in total. The summed E-state index contributed by atoms with van der Waals surface area (Å²) < 4.78 is -1.77. The number of rotatable bonds is 6. The molecule has 0 aromatic carbocycles. The van der Waals surface area contributed by atoms with Crippen LogP contribution < -0.4 is 0 Å². The summed E-state index contributed by atoms with van der Waals surface area (Å²) in [6, 6.07) is 0. The van der Waals surface area contributed by atoms with Gasteiger partial charge in [-0.2, -0.15) is 0 Å². The van der Waals surface area contributed by atoms with Crippen LogP contribution in [0.25, 0.3) is 0 Å². The van der Waals surface area contributed by atoms with Gasteiger partial charge in [-0.3, -0.25) is 0 Å². The van der Waals surface area contributed by atoms with Gasteiger partial charge < -0.3 is 0 Å². The van der Waals surface area contributed by atoms with Crippen molar-refractivity contribution in [1.82, 2.24) is 0 Å². The average Bonchev–Trinajstić information content (AvgIpc) is 2.15. The minimum atomic E-state index is -0.887. The number of hydrogen-bond donors (Lipinski definition) is 0. The SMILES string of the molecule is CC(C)P(=[Se])([Se]P(=[Se])(C(C)C)C(C)C)C(C)C. The van der Waals surface area contributed by atoms with Crippen molar-refractivity contribution in [2.45, 2.75) is 78.0 Å². The van der Waals surface area contributed by atoms with Gasteiger partial charge in [0, 0.05) is 0 Å². The van der Waals surface area contributed by atoms with Crippen LogP contribution in [0.1, 0.15) is 55.4 Å². The van der Waals surface area contributed by atoms with Crippen LogP contribution in [0.4, 0.5) is 0 Å². The Morgan fingerprint density at radius 3 is 0.882 bits per heavy atom. The molecule has 0 rings (SSSR count). The summed E-state index contributed by atoms with van der Waals surface area (Å²) in [6.07, 6.45) is 0. The molecule has 0 aliphatic rings. The zero-order valence-electron chi connectivity index (χ0n) is 12.4. The Morgan fingerprint density at radius 2 is 0.765 bits per heavy atom. The van der Waals surface area contributed by atoms with Gasteiger partial charge in [-0.05, 0) is 0 Å². The molecule has 17 heavy (non-hydrogen) atoms. The second kappa shape index (κ2) is 7.43. The zero-order chi connectivity index (χ0) is 14.0. The van der Waals surface area contributed by atoms with Gasteiger partial charge in [0.25, 0.3) is 0 Å². The maximum atomic E-state index is 3.70. The van der Waals surface area contributed by atoms with Gasteiger partial charge in [-0.1, -0.05) is 0 Å². The molecule has 0 spiro atoms. The molecule has 0 saturated heterocycles. The Morgan fingerprint density at radius 1 is 0.588 bits per heavy atom. The van der Waals surface area contributed by atoms with Crippen molar-refractivity contribution in [2.75, 3.05) is 0 Å². The van der Waals surface area contributed by atoms with Crippen LogP contribution in [-0.2, 0) is 0 Å². The predicted molar refractivity (Wildman–Crippen MR) is 91.6 cm³/mol. The standard InChI is InChI=1S/C12H28P2Se3/c1-9(2)13(15,10(3)4)17-14(16,11(5)6)12(7)8/h9-12H,1-8H3. The minimum absolute atomic E-state index is 0.782. The predicted octanol–water partition coefficient (Wildman–Crippen LogP) is 4.36. The van der Waals surface area contributed by atoms with E-state index in [4.69, 9.17) is 0 Å². The van der Waals surface area contributed by atoms with Crippen molar-refractivity contribution < 1.29 is 0 Å². The van der Waals surface area contributed by atoms with Crippen LogP contribution in [0, 0.1) is 0 Å². The van der Waals surface area contributed by atoms with Crippen molar-refractivity contribution in [3.63, 3.8) is 0 Å². The first-order chi connectivity index (χ1) is 7.48. The first-order valence-electron chi connectivity index (χ1n) is 6.38. The molecular formula is C12H28P2Se3. The molecule has 0 saturated carbocycles. The Kier molecular flexibility index (Phi) is 8.49. The molecule has 0 atom stereocenters. The summed E-state index contributed by atoms with van der Waals surface area (Å²) in [7, 11) is 0. The maximum absolute atomic E-state index is 3.70. The van der Waals surface area contributed by atoms with E-state index in [0.717, 1.165) is 36.7 Å². The zero-order valence-corrected chi connectivity index (χ0v) is 19.4. The average molecular weight is 471 g/mol. The van der Waals surface area contributed by atoms with Gasteiger partial charge in [0.05, 0.1) is 0 Å². The molecule has 104 valence electrons. The van der Waals surface area contributed by atoms with Crippen molar-refractivity contribution in [2.24, 2.45) is 0 Å². The molecule has 0 bridgehead atoms. The van der Waals surface area contributed by atoms with Crippen molar-refractivity contribution in [3.05, 3.63) is 0 Å². The van der Waals surface area contributed by atoms with Crippen LogP contribution in [0.3, 0.4) is 0 Å². The molecule has 0 radical (unpaired) electrons. The van der Waals surface area contributed by atoms with Crippen LogP contribution in [0.5, 0.6) is 0 Å². The summed E-state index contributed by atoms with van der Waals surface area (Å²) >= 11 is 8.19. The van der Waals surface area contributed by atoms with Gasteiger partial charge in [0.15, 0.2) is 0 Å². The second-order valence-corrected chi connectivity index (χ2v) is 38.4. The Hall–Kier alpha value is 2.42. The van der Waals surface area contributed by atoms with E-state index in [9.17, 15) is 0 Å². The van der Waals surface area contributed by atoms with Crippen molar-refractivity contribution in [3.8, 4) is 0 Å². The van der Waals surface area contributed by atoms with Gasteiger partial charge in [0.2, 0.25) is 0 Å². The summed E-state index contributed by atoms with van der Waals surface area (Å²) in [5.74, 6) is 0. The van der Waals surface area contributed by atoms with E-state index in [1.807, 2.05) is 0 Å². The van der Waals surface area contributed by atoms with Crippen LogP contribution in [0.2, 0.25) is 0 Å². The Balaban J connectivity index is 5.39. The van der Waals surface area contributed by atoms with Crippen LogP contribution in [0.15, 0.2) is 0 Å². The molecule has 5 heteroatoms. The van der Waals surface area contributed by atoms with E-state index in [1.165, 1.54) is 0 Å². The van der Waals surface area contributed by atoms with E-state index in [2.05, 4.69) is 85.6 Å². The summed E-state index contributed by atoms with van der Waals surface area (Å²) in [4.78, 5) is 0. The monoisotopic (exact) mass is 474 g/mol. The van der Waals surface area contributed by atoms with E-state index in [-0.39, 0.29) is 0 Å². The molecule has 0 fully saturated rings. The molecule has 0 aromatic heterocycles. The topological polar surface area (TPSA) is 0 Å². The molecule has 0 aromatic rings. The second-order valence-electron chi connectivity index (χ2n) is 5.75. The van der Waals surface area contributed by atoms with Crippen LogP contribution in [-0.4, -0.2) is 66.9 Å².